The minimum atomic E-state index is -4.48. The first kappa shape index (κ1) is 17.0. The zero-order valence-corrected chi connectivity index (χ0v) is 13.2. The fourth-order valence-corrected chi connectivity index (χ4v) is 2.59. The number of aromatic nitrogens is 1. The summed E-state index contributed by atoms with van der Waals surface area (Å²) in [7, 11) is 0. The average molecular weight is 348 g/mol. The Kier molecular flexibility index (Phi) is 4.76. The van der Waals surface area contributed by atoms with Gasteiger partial charge in [0.15, 0.2) is 5.75 Å². The summed E-state index contributed by atoms with van der Waals surface area (Å²) in [5.74, 6) is 0.147. The molecule has 1 aliphatic heterocycles. The van der Waals surface area contributed by atoms with Gasteiger partial charge in [0.25, 0.3) is 0 Å². The molecule has 0 radical (unpaired) electrons. The topological polar surface area (TPSA) is 61.2 Å². The van der Waals surface area contributed by atoms with Gasteiger partial charge in [0.05, 0.1) is 22.9 Å². The lowest BCUT2D eigenvalue weighted by Gasteiger charge is -2.30. The zero-order chi connectivity index (χ0) is 17.9. The molecule has 0 aliphatic carbocycles. The fraction of sp³-hybridized carbons (Fsp3) is 0.294. The van der Waals surface area contributed by atoms with Gasteiger partial charge in [-0.25, -0.2) is 4.98 Å². The highest BCUT2D eigenvalue weighted by Gasteiger charge is 2.31. The zero-order valence-electron chi connectivity index (χ0n) is 13.2. The van der Waals surface area contributed by atoms with E-state index >= 15 is 0 Å². The van der Waals surface area contributed by atoms with Crippen LogP contribution >= 0.6 is 0 Å². The van der Waals surface area contributed by atoms with Gasteiger partial charge in [0.2, 0.25) is 5.88 Å². The van der Waals surface area contributed by atoms with Gasteiger partial charge in [-0.1, -0.05) is 0 Å². The van der Waals surface area contributed by atoms with Crippen LogP contribution in [0.25, 0.3) is 0 Å². The van der Waals surface area contributed by atoms with E-state index in [0.717, 1.165) is 50.2 Å². The van der Waals surface area contributed by atoms with Crippen LogP contribution in [-0.2, 0) is 6.18 Å². The van der Waals surface area contributed by atoms with Crippen molar-refractivity contribution in [2.45, 2.75) is 6.18 Å². The molecule has 25 heavy (non-hydrogen) atoms. The van der Waals surface area contributed by atoms with Gasteiger partial charge in [0, 0.05) is 44.5 Å². The molecule has 0 saturated carbocycles. The van der Waals surface area contributed by atoms with E-state index in [-0.39, 0.29) is 5.88 Å². The van der Waals surface area contributed by atoms with Crippen molar-refractivity contribution < 1.29 is 17.9 Å². The van der Waals surface area contributed by atoms with Crippen LogP contribution in [0.15, 0.2) is 36.5 Å². The lowest BCUT2D eigenvalue weighted by molar-refractivity contribution is -0.137. The van der Waals surface area contributed by atoms with Crippen LogP contribution < -0.4 is 15.0 Å². The van der Waals surface area contributed by atoms with Crippen LogP contribution in [0, 0.1) is 11.3 Å². The molecule has 0 bridgehead atoms. The second-order valence-electron chi connectivity index (χ2n) is 5.51. The monoisotopic (exact) mass is 348 g/mol. The molecule has 8 heteroatoms. The number of anilines is 1. The average Bonchev–Trinajstić information content (AvgIpc) is 2.62. The van der Waals surface area contributed by atoms with E-state index in [9.17, 15) is 13.2 Å². The van der Waals surface area contributed by atoms with Crippen LogP contribution in [0.1, 0.15) is 11.1 Å². The molecular formula is C17H15F3N4O. The Labute approximate surface area is 142 Å². The predicted molar refractivity (Wildman–Crippen MR) is 85.6 cm³/mol. The second kappa shape index (κ2) is 6.99. The molecule has 5 nitrogen and oxygen atoms in total. The van der Waals surface area contributed by atoms with Crippen molar-refractivity contribution in [3.05, 3.63) is 47.7 Å². The first-order valence-corrected chi connectivity index (χ1v) is 7.68. The number of nitrogens with one attached hydrogen (secondary N) is 1. The van der Waals surface area contributed by atoms with Crippen molar-refractivity contribution in [1.82, 2.24) is 10.3 Å². The number of nitrogens with zero attached hydrogens (tertiary/aromatic N) is 3. The van der Waals surface area contributed by atoms with Crippen LogP contribution in [0.5, 0.6) is 11.6 Å². The maximum atomic E-state index is 12.9. The molecule has 1 aliphatic rings. The standard InChI is InChI=1S/C17H15F3N4O/c18-17(19,20)13-3-4-23-16(10-13)25-15-9-12(11-21)1-2-14(15)24-7-5-22-6-8-24/h1-4,9-10,22H,5-8H2. The third kappa shape index (κ3) is 4.00. The van der Waals surface area contributed by atoms with Crippen molar-refractivity contribution in [3.63, 3.8) is 0 Å². The summed E-state index contributed by atoms with van der Waals surface area (Å²) in [5.41, 5.74) is 0.248. The first-order valence-electron chi connectivity index (χ1n) is 7.68. The van der Waals surface area contributed by atoms with Gasteiger partial charge in [-0.3, -0.25) is 0 Å². The number of benzene rings is 1. The van der Waals surface area contributed by atoms with E-state index in [0.29, 0.717) is 11.3 Å². The van der Waals surface area contributed by atoms with Crippen molar-refractivity contribution in [2.24, 2.45) is 0 Å². The Hall–Kier alpha value is -2.79. The third-order valence-electron chi connectivity index (χ3n) is 3.82. The van der Waals surface area contributed by atoms with E-state index in [4.69, 9.17) is 10.00 Å². The Morgan fingerprint density at radius 3 is 2.60 bits per heavy atom. The molecular weight excluding hydrogens is 333 g/mol. The third-order valence-corrected chi connectivity index (χ3v) is 3.82. The molecule has 0 atom stereocenters. The number of hydrogen-bond acceptors (Lipinski definition) is 5. The fourth-order valence-electron chi connectivity index (χ4n) is 2.59. The second-order valence-corrected chi connectivity index (χ2v) is 5.51. The van der Waals surface area contributed by atoms with Crippen LogP contribution in [0.4, 0.5) is 18.9 Å². The Balaban J connectivity index is 1.94. The summed E-state index contributed by atoms with van der Waals surface area (Å²) in [6.07, 6.45) is -3.42. The highest BCUT2D eigenvalue weighted by Crippen LogP contribution is 2.35. The van der Waals surface area contributed by atoms with Crippen LogP contribution in [-0.4, -0.2) is 31.2 Å². The Bertz CT molecular complexity index is 795. The quantitative estimate of drug-likeness (QED) is 0.923. The van der Waals surface area contributed by atoms with Crippen LogP contribution in [0.2, 0.25) is 0 Å². The van der Waals surface area contributed by atoms with Crippen molar-refractivity contribution >= 4 is 5.69 Å². The molecule has 1 N–H and O–H groups in total. The highest BCUT2D eigenvalue weighted by atomic mass is 19.4. The molecule has 1 fully saturated rings. The smallest absolute Gasteiger partial charge is 0.416 e. The van der Waals surface area contributed by atoms with Gasteiger partial charge in [-0.2, -0.15) is 18.4 Å². The Morgan fingerprint density at radius 1 is 1.16 bits per heavy atom. The number of halogens is 3. The van der Waals surface area contributed by atoms with Crippen molar-refractivity contribution in [1.29, 1.82) is 5.26 Å². The molecule has 1 aromatic heterocycles. The van der Waals surface area contributed by atoms with E-state index < -0.39 is 11.7 Å². The predicted octanol–water partition coefficient (Wildman–Crippen LogP) is 3.17. The number of pyridine rings is 1. The molecule has 0 spiro atoms. The molecule has 0 unspecified atom stereocenters. The summed E-state index contributed by atoms with van der Waals surface area (Å²) < 4.78 is 44.2. The number of rotatable bonds is 3. The number of ether oxygens (including phenoxy) is 1. The Morgan fingerprint density at radius 2 is 1.92 bits per heavy atom. The molecule has 2 heterocycles. The lowest BCUT2D eigenvalue weighted by Crippen LogP contribution is -2.43. The summed E-state index contributed by atoms with van der Waals surface area (Å²) in [6.45, 7) is 3.05. The SMILES string of the molecule is N#Cc1ccc(N2CCNCC2)c(Oc2cc(C(F)(F)F)ccn2)c1. The summed E-state index contributed by atoms with van der Waals surface area (Å²) in [4.78, 5) is 5.91. The summed E-state index contributed by atoms with van der Waals surface area (Å²) in [5, 5.41) is 12.3. The van der Waals surface area contributed by atoms with E-state index in [1.165, 1.54) is 6.07 Å². The number of hydrogen-bond donors (Lipinski definition) is 1. The van der Waals surface area contributed by atoms with Gasteiger partial charge in [0.1, 0.15) is 0 Å². The maximum absolute atomic E-state index is 12.9. The number of piperazine rings is 1. The number of nitriles is 1. The molecule has 130 valence electrons. The van der Waals surface area contributed by atoms with Gasteiger partial charge in [-0.05, 0) is 18.2 Å². The number of alkyl halides is 3. The maximum Gasteiger partial charge on any atom is 0.416 e. The molecule has 2 aromatic rings. The molecule has 3 rings (SSSR count). The van der Waals surface area contributed by atoms with Gasteiger partial charge in [-0.15, -0.1) is 0 Å². The first-order chi connectivity index (χ1) is 12.0. The normalized spacial score (nSPS) is 14.9. The minimum Gasteiger partial charge on any atom is -0.437 e. The minimum absolute atomic E-state index is 0.165. The molecule has 0 amide bonds. The lowest BCUT2D eigenvalue weighted by atomic mass is 10.1. The van der Waals surface area contributed by atoms with Crippen molar-refractivity contribution in [2.75, 3.05) is 31.1 Å². The van der Waals surface area contributed by atoms with Crippen LogP contribution in [0.3, 0.4) is 0 Å². The van der Waals surface area contributed by atoms with Crippen molar-refractivity contribution in [3.8, 4) is 17.7 Å². The summed E-state index contributed by atoms with van der Waals surface area (Å²) in [6, 6.07) is 8.65. The summed E-state index contributed by atoms with van der Waals surface area (Å²) >= 11 is 0. The molecule has 1 aromatic carbocycles. The van der Waals surface area contributed by atoms with E-state index in [1.807, 2.05) is 6.07 Å². The van der Waals surface area contributed by atoms with Gasteiger partial charge >= 0.3 is 6.18 Å². The highest BCUT2D eigenvalue weighted by molar-refractivity contribution is 5.62. The van der Waals surface area contributed by atoms with E-state index in [2.05, 4.69) is 15.2 Å². The van der Waals surface area contributed by atoms with Gasteiger partial charge < -0.3 is 15.0 Å². The largest absolute Gasteiger partial charge is 0.437 e. The molecule has 1 saturated heterocycles. The van der Waals surface area contributed by atoms with E-state index in [1.54, 1.807) is 12.1 Å².